The van der Waals surface area contributed by atoms with E-state index in [1.807, 2.05) is 12.1 Å². The highest BCUT2D eigenvalue weighted by Crippen LogP contribution is 2.12. The van der Waals surface area contributed by atoms with Crippen LogP contribution in [0.3, 0.4) is 0 Å². The normalized spacial score (nSPS) is 20.1. The second-order valence-corrected chi connectivity index (χ2v) is 4.74. The lowest BCUT2D eigenvalue weighted by atomic mass is 10.0. The van der Waals surface area contributed by atoms with Gasteiger partial charge in [-0.25, -0.2) is 0 Å². The molecule has 0 amide bonds. The molecule has 0 aliphatic carbocycles. The van der Waals surface area contributed by atoms with Crippen LogP contribution < -0.4 is 5.32 Å². The van der Waals surface area contributed by atoms with E-state index in [4.69, 9.17) is 0 Å². The topological polar surface area (TPSA) is 41.1 Å². The number of halogens is 1. The highest BCUT2D eigenvalue weighted by Gasteiger charge is 2.25. The smallest absolute Gasteiger partial charge is 0.0771 e. The van der Waals surface area contributed by atoms with Crippen molar-refractivity contribution in [2.75, 3.05) is 19.6 Å². The number of piperazine rings is 1. The van der Waals surface area contributed by atoms with Crippen LogP contribution in [0.1, 0.15) is 19.5 Å². The molecule has 4 nitrogen and oxygen atoms in total. The Kier molecular flexibility index (Phi) is 4.65. The largest absolute Gasteiger partial charge is 0.309 e. The van der Waals surface area contributed by atoms with Crippen LogP contribution in [-0.2, 0) is 6.54 Å². The molecule has 0 radical (unpaired) electrons. The SMILES string of the molecule is CC1(C)CN(Cc2cccnn2)CCN1.Cl. The van der Waals surface area contributed by atoms with Crippen molar-refractivity contribution in [2.45, 2.75) is 25.9 Å². The zero-order valence-corrected chi connectivity index (χ0v) is 10.6. The van der Waals surface area contributed by atoms with Crippen LogP contribution in [0.2, 0.25) is 0 Å². The molecule has 1 aromatic rings. The fourth-order valence-electron chi connectivity index (χ4n) is 2.03. The lowest BCUT2D eigenvalue weighted by Crippen LogP contribution is -2.56. The van der Waals surface area contributed by atoms with Gasteiger partial charge in [-0.05, 0) is 26.0 Å². The minimum absolute atomic E-state index is 0. The first-order valence-corrected chi connectivity index (χ1v) is 5.40. The van der Waals surface area contributed by atoms with Crippen molar-refractivity contribution in [3.05, 3.63) is 24.0 Å². The monoisotopic (exact) mass is 242 g/mol. The van der Waals surface area contributed by atoms with Crippen molar-refractivity contribution in [1.29, 1.82) is 0 Å². The molecule has 2 heterocycles. The van der Waals surface area contributed by atoms with Crippen LogP contribution in [0.25, 0.3) is 0 Å². The fraction of sp³-hybridized carbons (Fsp3) is 0.636. The zero-order valence-electron chi connectivity index (χ0n) is 9.81. The number of nitrogens with one attached hydrogen (secondary N) is 1. The standard InChI is InChI=1S/C11H18N4.ClH/c1-11(2)9-15(7-6-12-11)8-10-4-3-5-13-14-10;/h3-5,12H,6-9H2,1-2H3;1H. The Bertz CT molecular complexity index is 315. The summed E-state index contributed by atoms with van der Waals surface area (Å²) in [5.74, 6) is 0. The van der Waals surface area contributed by atoms with E-state index in [-0.39, 0.29) is 17.9 Å². The molecule has 0 unspecified atom stereocenters. The van der Waals surface area contributed by atoms with Crippen LogP contribution in [0.15, 0.2) is 18.3 Å². The van der Waals surface area contributed by atoms with Gasteiger partial charge < -0.3 is 5.32 Å². The Morgan fingerprint density at radius 3 is 2.94 bits per heavy atom. The summed E-state index contributed by atoms with van der Waals surface area (Å²) in [5.41, 5.74) is 1.26. The van der Waals surface area contributed by atoms with E-state index in [1.54, 1.807) is 6.20 Å². The molecule has 1 N–H and O–H groups in total. The van der Waals surface area contributed by atoms with Gasteiger partial charge in [0.25, 0.3) is 0 Å². The van der Waals surface area contributed by atoms with Gasteiger partial charge in [0.1, 0.15) is 0 Å². The van der Waals surface area contributed by atoms with Crippen LogP contribution >= 0.6 is 12.4 Å². The van der Waals surface area contributed by atoms with Crippen molar-refractivity contribution in [2.24, 2.45) is 0 Å². The molecule has 1 fully saturated rings. The second kappa shape index (κ2) is 5.57. The third-order valence-electron chi connectivity index (χ3n) is 2.66. The van der Waals surface area contributed by atoms with Gasteiger partial charge in [-0.15, -0.1) is 12.4 Å². The van der Waals surface area contributed by atoms with E-state index in [1.165, 1.54) is 0 Å². The molecular formula is C11H19ClN4. The molecule has 1 aliphatic rings. The highest BCUT2D eigenvalue weighted by atomic mass is 35.5. The molecule has 16 heavy (non-hydrogen) atoms. The molecule has 90 valence electrons. The van der Waals surface area contributed by atoms with Crippen LogP contribution in [0.5, 0.6) is 0 Å². The second-order valence-electron chi connectivity index (χ2n) is 4.74. The summed E-state index contributed by atoms with van der Waals surface area (Å²) in [6, 6.07) is 3.97. The molecule has 1 aromatic heterocycles. The van der Waals surface area contributed by atoms with Gasteiger partial charge in [-0.3, -0.25) is 4.90 Å². The van der Waals surface area contributed by atoms with Crippen LogP contribution in [-0.4, -0.2) is 40.3 Å². The fourth-order valence-corrected chi connectivity index (χ4v) is 2.03. The minimum Gasteiger partial charge on any atom is -0.309 e. The molecule has 0 saturated carbocycles. The Morgan fingerprint density at radius 2 is 2.31 bits per heavy atom. The molecular weight excluding hydrogens is 224 g/mol. The summed E-state index contributed by atoms with van der Waals surface area (Å²) >= 11 is 0. The van der Waals surface area contributed by atoms with Crippen LogP contribution in [0.4, 0.5) is 0 Å². The first-order chi connectivity index (χ1) is 7.16. The van der Waals surface area contributed by atoms with Gasteiger partial charge >= 0.3 is 0 Å². The van der Waals surface area contributed by atoms with Crippen LogP contribution in [0, 0.1) is 0 Å². The number of nitrogens with zero attached hydrogens (tertiary/aromatic N) is 3. The summed E-state index contributed by atoms with van der Waals surface area (Å²) in [6.45, 7) is 8.56. The maximum absolute atomic E-state index is 4.11. The van der Waals surface area contributed by atoms with Crippen molar-refractivity contribution < 1.29 is 0 Å². The molecule has 0 bridgehead atoms. The van der Waals surface area contributed by atoms with E-state index in [2.05, 4.69) is 34.3 Å². The first kappa shape index (κ1) is 13.4. The first-order valence-electron chi connectivity index (χ1n) is 5.40. The van der Waals surface area contributed by atoms with Gasteiger partial charge in [0.2, 0.25) is 0 Å². The third-order valence-corrected chi connectivity index (χ3v) is 2.66. The van der Waals surface area contributed by atoms with Gasteiger partial charge in [-0.1, -0.05) is 0 Å². The zero-order chi connectivity index (χ0) is 10.7. The van der Waals surface area contributed by atoms with Crippen molar-refractivity contribution >= 4 is 12.4 Å². The predicted molar refractivity (Wildman–Crippen MR) is 66.6 cm³/mol. The Labute approximate surface area is 103 Å². The molecule has 1 saturated heterocycles. The maximum Gasteiger partial charge on any atom is 0.0771 e. The van der Waals surface area contributed by atoms with E-state index in [0.717, 1.165) is 31.9 Å². The highest BCUT2D eigenvalue weighted by molar-refractivity contribution is 5.85. The minimum atomic E-state index is 0. The van der Waals surface area contributed by atoms with E-state index in [0.29, 0.717) is 0 Å². The quantitative estimate of drug-likeness (QED) is 0.843. The van der Waals surface area contributed by atoms with E-state index in [9.17, 15) is 0 Å². The lowest BCUT2D eigenvalue weighted by Gasteiger charge is -2.38. The molecule has 0 atom stereocenters. The number of aromatic nitrogens is 2. The lowest BCUT2D eigenvalue weighted by molar-refractivity contribution is 0.146. The maximum atomic E-state index is 4.11. The Balaban J connectivity index is 0.00000128. The number of rotatable bonds is 2. The molecule has 0 spiro atoms. The van der Waals surface area contributed by atoms with Crippen molar-refractivity contribution in [1.82, 2.24) is 20.4 Å². The van der Waals surface area contributed by atoms with Gasteiger partial charge in [0.05, 0.1) is 5.69 Å². The average molecular weight is 243 g/mol. The average Bonchev–Trinajstić information content (AvgIpc) is 2.17. The molecule has 0 aromatic carbocycles. The third kappa shape index (κ3) is 3.70. The summed E-state index contributed by atoms with van der Waals surface area (Å²) in [4.78, 5) is 2.42. The van der Waals surface area contributed by atoms with Gasteiger partial charge in [0, 0.05) is 37.9 Å². The molecule has 2 rings (SSSR count). The predicted octanol–water partition coefficient (Wildman–Crippen LogP) is 1.08. The summed E-state index contributed by atoms with van der Waals surface area (Å²) in [6.07, 6.45) is 1.71. The number of hydrogen-bond acceptors (Lipinski definition) is 4. The summed E-state index contributed by atoms with van der Waals surface area (Å²) in [7, 11) is 0. The number of hydrogen-bond donors (Lipinski definition) is 1. The van der Waals surface area contributed by atoms with Gasteiger partial charge in [0.15, 0.2) is 0 Å². The van der Waals surface area contributed by atoms with Crippen molar-refractivity contribution in [3.8, 4) is 0 Å². The summed E-state index contributed by atoms with van der Waals surface area (Å²) < 4.78 is 0. The van der Waals surface area contributed by atoms with E-state index >= 15 is 0 Å². The van der Waals surface area contributed by atoms with Gasteiger partial charge in [-0.2, -0.15) is 10.2 Å². The van der Waals surface area contributed by atoms with E-state index < -0.39 is 0 Å². The summed E-state index contributed by atoms with van der Waals surface area (Å²) in [5, 5.41) is 11.5. The molecule has 1 aliphatic heterocycles. The van der Waals surface area contributed by atoms with Crippen molar-refractivity contribution in [3.63, 3.8) is 0 Å². The Hall–Kier alpha value is -0.710. The molecule has 5 heteroatoms. The Morgan fingerprint density at radius 1 is 1.50 bits per heavy atom.